The van der Waals surface area contributed by atoms with Crippen molar-refractivity contribution in [1.82, 2.24) is 14.9 Å². The zero-order valence-corrected chi connectivity index (χ0v) is 6.95. The smallest absolute Gasteiger partial charge is 0.220 e. The van der Waals surface area contributed by atoms with E-state index in [1.165, 1.54) is 0 Å². The van der Waals surface area contributed by atoms with Crippen LogP contribution in [0.1, 0.15) is 18.0 Å². The Kier molecular flexibility index (Phi) is 1.60. The number of carbonyl (C=O) groups is 1. The number of amides is 1. The molecular weight excluding hydrogens is 154 g/mol. The van der Waals surface area contributed by atoms with Crippen LogP contribution in [-0.2, 0) is 11.8 Å². The Morgan fingerprint density at radius 1 is 1.75 bits per heavy atom. The molecule has 0 aliphatic carbocycles. The van der Waals surface area contributed by atoms with E-state index in [1.54, 1.807) is 6.33 Å². The van der Waals surface area contributed by atoms with Crippen LogP contribution in [-0.4, -0.2) is 22.0 Å². The van der Waals surface area contributed by atoms with Crippen molar-refractivity contribution in [2.75, 3.05) is 6.54 Å². The van der Waals surface area contributed by atoms with Crippen LogP contribution < -0.4 is 5.32 Å². The number of aryl methyl sites for hydroxylation is 1. The molecule has 1 aliphatic rings. The van der Waals surface area contributed by atoms with Gasteiger partial charge in [0.1, 0.15) is 0 Å². The molecule has 1 fully saturated rings. The molecule has 12 heavy (non-hydrogen) atoms. The van der Waals surface area contributed by atoms with E-state index in [0.29, 0.717) is 12.3 Å². The van der Waals surface area contributed by atoms with Gasteiger partial charge < -0.3 is 9.88 Å². The molecule has 0 radical (unpaired) electrons. The predicted octanol–water partition coefficient (Wildman–Crippen LogP) is 0.0236. The van der Waals surface area contributed by atoms with E-state index < -0.39 is 0 Å². The van der Waals surface area contributed by atoms with E-state index in [-0.39, 0.29) is 5.91 Å². The molecule has 1 saturated heterocycles. The fourth-order valence-corrected chi connectivity index (χ4v) is 1.58. The van der Waals surface area contributed by atoms with E-state index >= 15 is 0 Å². The first-order valence-electron chi connectivity index (χ1n) is 4.00. The van der Waals surface area contributed by atoms with Gasteiger partial charge in [-0.1, -0.05) is 0 Å². The van der Waals surface area contributed by atoms with Gasteiger partial charge in [0, 0.05) is 37.8 Å². The molecule has 1 atom stereocenters. The summed E-state index contributed by atoms with van der Waals surface area (Å²) in [5.41, 5.74) is 1.13. The SMILES string of the molecule is Cn1cncc1[C@@H]1CNC(=O)C1. The zero-order valence-electron chi connectivity index (χ0n) is 6.95. The summed E-state index contributed by atoms with van der Waals surface area (Å²) in [5, 5.41) is 2.81. The summed E-state index contributed by atoms with van der Waals surface area (Å²) in [4.78, 5) is 14.9. The third-order valence-electron chi connectivity index (χ3n) is 2.25. The maximum atomic E-state index is 10.9. The lowest BCUT2D eigenvalue weighted by Gasteiger charge is -2.06. The minimum absolute atomic E-state index is 0.140. The number of nitrogens with zero attached hydrogens (tertiary/aromatic N) is 2. The van der Waals surface area contributed by atoms with E-state index in [9.17, 15) is 4.79 Å². The van der Waals surface area contributed by atoms with Crippen LogP contribution >= 0.6 is 0 Å². The third-order valence-corrected chi connectivity index (χ3v) is 2.25. The first-order chi connectivity index (χ1) is 5.77. The normalized spacial score (nSPS) is 22.8. The van der Waals surface area contributed by atoms with Crippen LogP contribution in [0.3, 0.4) is 0 Å². The second-order valence-electron chi connectivity index (χ2n) is 3.13. The predicted molar refractivity (Wildman–Crippen MR) is 43.6 cm³/mol. The summed E-state index contributed by atoms with van der Waals surface area (Å²) in [6, 6.07) is 0. The summed E-state index contributed by atoms with van der Waals surface area (Å²) < 4.78 is 1.96. The summed E-state index contributed by atoms with van der Waals surface area (Å²) in [5.74, 6) is 0.450. The van der Waals surface area contributed by atoms with E-state index in [2.05, 4.69) is 10.3 Å². The zero-order chi connectivity index (χ0) is 8.55. The van der Waals surface area contributed by atoms with Gasteiger partial charge in [-0.2, -0.15) is 0 Å². The van der Waals surface area contributed by atoms with Crippen molar-refractivity contribution in [3.8, 4) is 0 Å². The maximum absolute atomic E-state index is 10.9. The molecule has 1 aliphatic heterocycles. The summed E-state index contributed by atoms with van der Waals surface area (Å²) in [7, 11) is 1.95. The van der Waals surface area contributed by atoms with Crippen molar-refractivity contribution in [2.24, 2.45) is 7.05 Å². The third kappa shape index (κ3) is 1.09. The second-order valence-corrected chi connectivity index (χ2v) is 3.13. The van der Waals surface area contributed by atoms with Crippen LogP contribution in [0.25, 0.3) is 0 Å². The molecule has 2 heterocycles. The fraction of sp³-hybridized carbons (Fsp3) is 0.500. The van der Waals surface area contributed by atoms with Crippen molar-refractivity contribution >= 4 is 5.91 Å². The van der Waals surface area contributed by atoms with Crippen molar-refractivity contribution < 1.29 is 4.79 Å². The lowest BCUT2D eigenvalue weighted by molar-refractivity contribution is -0.119. The Balaban J connectivity index is 2.21. The first-order valence-corrected chi connectivity index (χ1v) is 4.00. The molecule has 1 N–H and O–H groups in total. The van der Waals surface area contributed by atoms with Gasteiger partial charge in [0.15, 0.2) is 0 Å². The Labute approximate surface area is 70.6 Å². The average Bonchev–Trinajstić information content (AvgIpc) is 2.58. The molecule has 1 amide bonds. The molecule has 64 valence electrons. The average molecular weight is 165 g/mol. The monoisotopic (exact) mass is 165 g/mol. The highest BCUT2D eigenvalue weighted by atomic mass is 16.1. The van der Waals surface area contributed by atoms with Crippen LogP contribution in [0.5, 0.6) is 0 Å². The first kappa shape index (κ1) is 7.34. The van der Waals surface area contributed by atoms with E-state index in [1.807, 2.05) is 17.8 Å². The Morgan fingerprint density at radius 2 is 2.58 bits per heavy atom. The molecule has 1 aromatic rings. The van der Waals surface area contributed by atoms with Crippen molar-refractivity contribution in [3.63, 3.8) is 0 Å². The molecular formula is C8H11N3O. The molecule has 1 aromatic heterocycles. The molecule has 0 aromatic carbocycles. The van der Waals surface area contributed by atoms with Crippen LogP contribution in [0, 0.1) is 0 Å². The second kappa shape index (κ2) is 2.62. The van der Waals surface area contributed by atoms with Crippen molar-refractivity contribution in [3.05, 3.63) is 18.2 Å². The van der Waals surface area contributed by atoms with E-state index in [4.69, 9.17) is 0 Å². The number of rotatable bonds is 1. The number of hydrogen-bond donors (Lipinski definition) is 1. The molecule has 0 spiro atoms. The van der Waals surface area contributed by atoms with Gasteiger partial charge in [-0.05, 0) is 0 Å². The van der Waals surface area contributed by atoms with Gasteiger partial charge in [0.2, 0.25) is 5.91 Å². The minimum Gasteiger partial charge on any atom is -0.355 e. The highest BCUT2D eigenvalue weighted by Gasteiger charge is 2.24. The van der Waals surface area contributed by atoms with Gasteiger partial charge in [0.05, 0.1) is 6.33 Å². The topological polar surface area (TPSA) is 46.9 Å². The standard InChI is InChI=1S/C8H11N3O/c1-11-5-9-4-7(11)6-2-8(12)10-3-6/h4-6H,2-3H2,1H3,(H,10,12)/t6-/m0/s1. The summed E-state index contributed by atoms with van der Waals surface area (Å²) in [6.45, 7) is 0.748. The van der Waals surface area contributed by atoms with Crippen LogP contribution in [0.15, 0.2) is 12.5 Å². The molecule has 0 unspecified atom stereocenters. The molecule has 4 heteroatoms. The lowest BCUT2D eigenvalue weighted by atomic mass is 10.1. The lowest BCUT2D eigenvalue weighted by Crippen LogP contribution is -2.14. The largest absolute Gasteiger partial charge is 0.355 e. The Morgan fingerprint density at radius 3 is 3.08 bits per heavy atom. The molecule has 2 rings (SSSR count). The summed E-state index contributed by atoms with van der Waals surface area (Å²) in [6.07, 6.45) is 4.18. The Hall–Kier alpha value is -1.32. The van der Waals surface area contributed by atoms with Crippen LogP contribution in [0.2, 0.25) is 0 Å². The highest BCUT2D eigenvalue weighted by Crippen LogP contribution is 2.21. The van der Waals surface area contributed by atoms with Crippen molar-refractivity contribution in [1.29, 1.82) is 0 Å². The van der Waals surface area contributed by atoms with Gasteiger partial charge in [-0.25, -0.2) is 4.98 Å². The fourth-order valence-electron chi connectivity index (χ4n) is 1.58. The number of imidazole rings is 1. The van der Waals surface area contributed by atoms with Crippen molar-refractivity contribution in [2.45, 2.75) is 12.3 Å². The Bertz CT molecular complexity index is 305. The number of hydrogen-bond acceptors (Lipinski definition) is 2. The van der Waals surface area contributed by atoms with Gasteiger partial charge in [-0.15, -0.1) is 0 Å². The minimum atomic E-state index is 0.140. The number of carbonyl (C=O) groups excluding carboxylic acids is 1. The summed E-state index contributed by atoms with van der Waals surface area (Å²) >= 11 is 0. The maximum Gasteiger partial charge on any atom is 0.220 e. The number of aromatic nitrogens is 2. The van der Waals surface area contributed by atoms with Gasteiger partial charge in [-0.3, -0.25) is 4.79 Å². The van der Waals surface area contributed by atoms with Gasteiger partial charge >= 0.3 is 0 Å². The molecule has 4 nitrogen and oxygen atoms in total. The highest BCUT2D eigenvalue weighted by molar-refractivity contribution is 5.79. The van der Waals surface area contributed by atoms with E-state index in [0.717, 1.165) is 12.2 Å². The number of nitrogens with one attached hydrogen (secondary N) is 1. The quantitative estimate of drug-likeness (QED) is 0.638. The molecule has 0 saturated carbocycles. The van der Waals surface area contributed by atoms with Gasteiger partial charge in [0.25, 0.3) is 0 Å². The van der Waals surface area contributed by atoms with Crippen LogP contribution in [0.4, 0.5) is 0 Å². The molecule has 0 bridgehead atoms.